The summed E-state index contributed by atoms with van der Waals surface area (Å²) in [5.74, 6) is -0.319. The Morgan fingerprint density at radius 2 is 1.80 bits per heavy atom. The van der Waals surface area contributed by atoms with E-state index < -0.39 is 5.72 Å². The molecule has 0 aromatic rings. The molecule has 0 aliphatic rings. The lowest BCUT2D eigenvalue weighted by molar-refractivity contribution is 0.0148. The molecule has 0 aliphatic carbocycles. The van der Waals surface area contributed by atoms with Gasteiger partial charge in [0.15, 0.2) is 0 Å². The Labute approximate surface area is 60.3 Å². The first-order chi connectivity index (χ1) is 4.49. The molecule has 0 radical (unpaired) electrons. The summed E-state index contributed by atoms with van der Waals surface area (Å²) in [5, 5.41) is 26.1. The van der Waals surface area contributed by atoms with Gasteiger partial charge in [0.05, 0.1) is 0 Å². The van der Waals surface area contributed by atoms with Crippen LogP contribution in [0.25, 0.3) is 0 Å². The molecular formula is C6H15NO3. The molecule has 4 nitrogen and oxygen atoms in total. The third-order valence-corrected chi connectivity index (χ3v) is 1.22. The summed E-state index contributed by atoms with van der Waals surface area (Å²) >= 11 is 0. The van der Waals surface area contributed by atoms with E-state index in [2.05, 4.69) is 0 Å². The van der Waals surface area contributed by atoms with Crippen molar-refractivity contribution in [3.63, 3.8) is 0 Å². The molecule has 0 aliphatic heterocycles. The van der Waals surface area contributed by atoms with Crippen molar-refractivity contribution < 1.29 is 15.3 Å². The van der Waals surface area contributed by atoms with Gasteiger partial charge in [-0.25, -0.2) is 0 Å². The molecule has 0 heterocycles. The summed E-state index contributed by atoms with van der Waals surface area (Å²) in [7, 11) is 0. The molecule has 0 saturated heterocycles. The Hall–Kier alpha value is -0.160. The Kier molecular flexibility index (Phi) is 3.81. The van der Waals surface area contributed by atoms with Crippen molar-refractivity contribution >= 4 is 0 Å². The van der Waals surface area contributed by atoms with E-state index in [0.717, 1.165) is 0 Å². The van der Waals surface area contributed by atoms with E-state index in [4.69, 9.17) is 21.1 Å². The molecule has 0 aromatic carbocycles. The van der Waals surface area contributed by atoms with Crippen molar-refractivity contribution in [2.75, 3.05) is 13.2 Å². The van der Waals surface area contributed by atoms with Crippen molar-refractivity contribution in [2.24, 2.45) is 11.7 Å². The van der Waals surface area contributed by atoms with E-state index in [1.807, 2.05) is 0 Å². The Bertz CT molecular complexity index is 85.5. The SMILES string of the molecule is CC(N)(O)CC(CO)CO. The highest BCUT2D eigenvalue weighted by molar-refractivity contribution is 4.68. The standard InChI is InChI=1S/C6H15NO3/c1-6(7,10)2-5(3-8)4-9/h5,8-10H,2-4,7H2,1H3. The molecular weight excluding hydrogens is 134 g/mol. The van der Waals surface area contributed by atoms with E-state index >= 15 is 0 Å². The van der Waals surface area contributed by atoms with Gasteiger partial charge >= 0.3 is 0 Å². The van der Waals surface area contributed by atoms with E-state index in [1.54, 1.807) is 0 Å². The number of hydrogen-bond donors (Lipinski definition) is 4. The number of aliphatic hydroxyl groups excluding tert-OH is 2. The number of rotatable bonds is 4. The molecule has 1 atom stereocenters. The van der Waals surface area contributed by atoms with Crippen LogP contribution in [0.2, 0.25) is 0 Å². The summed E-state index contributed by atoms with van der Waals surface area (Å²) in [6.07, 6.45) is 0.208. The van der Waals surface area contributed by atoms with Gasteiger partial charge in [-0.2, -0.15) is 0 Å². The van der Waals surface area contributed by atoms with Gasteiger partial charge in [0.1, 0.15) is 5.72 Å². The highest BCUT2D eigenvalue weighted by Crippen LogP contribution is 2.09. The lowest BCUT2D eigenvalue weighted by Crippen LogP contribution is -2.39. The molecule has 4 heteroatoms. The molecule has 62 valence electrons. The molecule has 10 heavy (non-hydrogen) atoms. The van der Waals surface area contributed by atoms with Crippen LogP contribution < -0.4 is 5.73 Å². The van der Waals surface area contributed by atoms with Crippen LogP contribution in [-0.4, -0.2) is 34.3 Å². The summed E-state index contributed by atoms with van der Waals surface area (Å²) < 4.78 is 0. The van der Waals surface area contributed by atoms with Crippen molar-refractivity contribution in [3.05, 3.63) is 0 Å². The monoisotopic (exact) mass is 149 g/mol. The summed E-state index contributed by atoms with van der Waals surface area (Å²) in [6.45, 7) is 1.14. The fraction of sp³-hybridized carbons (Fsp3) is 1.00. The minimum Gasteiger partial charge on any atom is -0.396 e. The van der Waals surface area contributed by atoms with Gasteiger partial charge in [-0.15, -0.1) is 0 Å². The highest BCUT2D eigenvalue weighted by Gasteiger charge is 2.19. The summed E-state index contributed by atoms with van der Waals surface area (Å²) in [5.41, 5.74) is 3.93. The number of hydrogen-bond acceptors (Lipinski definition) is 4. The van der Waals surface area contributed by atoms with Gasteiger partial charge < -0.3 is 21.1 Å². The minimum atomic E-state index is -1.30. The zero-order chi connectivity index (χ0) is 8.20. The second kappa shape index (κ2) is 3.88. The Morgan fingerprint density at radius 1 is 1.40 bits per heavy atom. The average molecular weight is 149 g/mol. The topological polar surface area (TPSA) is 86.7 Å². The fourth-order valence-corrected chi connectivity index (χ4v) is 0.771. The Balaban J connectivity index is 3.63. The molecule has 1 unspecified atom stereocenters. The van der Waals surface area contributed by atoms with Crippen molar-refractivity contribution in [1.82, 2.24) is 0 Å². The zero-order valence-electron chi connectivity index (χ0n) is 6.12. The molecule has 0 spiro atoms. The van der Waals surface area contributed by atoms with Gasteiger partial charge in [-0.1, -0.05) is 0 Å². The Morgan fingerprint density at radius 3 is 1.90 bits per heavy atom. The number of nitrogens with two attached hydrogens (primary N) is 1. The van der Waals surface area contributed by atoms with Crippen LogP contribution in [0, 0.1) is 5.92 Å². The lowest BCUT2D eigenvalue weighted by atomic mass is 10.0. The first-order valence-corrected chi connectivity index (χ1v) is 3.22. The van der Waals surface area contributed by atoms with Crippen LogP contribution in [0.3, 0.4) is 0 Å². The van der Waals surface area contributed by atoms with Gasteiger partial charge in [0.25, 0.3) is 0 Å². The van der Waals surface area contributed by atoms with Gasteiger partial charge in [0, 0.05) is 19.1 Å². The van der Waals surface area contributed by atoms with E-state index in [0.29, 0.717) is 0 Å². The van der Waals surface area contributed by atoms with E-state index in [1.165, 1.54) is 6.92 Å². The first-order valence-electron chi connectivity index (χ1n) is 3.22. The van der Waals surface area contributed by atoms with Gasteiger partial charge in [-0.3, -0.25) is 0 Å². The number of aliphatic hydroxyl groups is 3. The molecule has 0 rings (SSSR count). The summed E-state index contributed by atoms with van der Waals surface area (Å²) in [6, 6.07) is 0. The largest absolute Gasteiger partial charge is 0.396 e. The van der Waals surface area contributed by atoms with Crippen LogP contribution >= 0.6 is 0 Å². The third kappa shape index (κ3) is 4.69. The predicted molar refractivity (Wildman–Crippen MR) is 37.1 cm³/mol. The first kappa shape index (κ1) is 9.84. The van der Waals surface area contributed by atoms with Gasteiger partial charge in [-0.05, 0) is 13.3 Å². The lowest BCUT2D eigenvalue weighted by Gasteiger charge is -2.21. The maximum absolute atomic E-state index is 9.01. The van der Waals surface area contributed by atoms with Crippen molar-refractivity contribution in [1.29, 1.82) is 0 Å². The summed E-state index contributed by atoms with van der Waals surface area (Å²) in [4.78, 5) is 0. The molecule has 0 fully saturated rings. The molecule has 0 aromatic heterocycles. The zero-order valence-corrected chi connectivity index (χ0v) is 6.12. The quantitative estimate of drug-likeness (QED) is 0.372. The molecule has 5 N–H and O–H groups in total. The maximum atomic E-state index is 9.01. The molecule has 0 bridgehead atoms. The average Bonchev–Trinajstić information content (AvgIpc) is 1.81. The molecule has 0 amide bonds. The fourth-order valence-electron chi connectivity index (χ4n) is 0.771. The smallest absolute Gasteiger partial charge is 0.111 e. The van der Waals surface area contributed by atoms with Crippen LogP contribution in [-0.2, 0) is 0 Å². The van der Waals surface area contributed by atoms with E-state index in [9.17, 15) is 0 Å². The minimum absolute atomic E-state index is 0.149. The maximum Gasteiger partial charge on any atom is 0.111 e. The second-order valence-corrected chi connectivity index (χ2v) is 2.79. The van der Waals surface area contributed by atoms with Crippen LogP contribution in [0.15, 0.2) is 0 Å². The molecule has 0 saturated carbocycles. The van der Waals surface area contributed by atoms with Crippen LogP contribution in [0.5, 0.6) is 0 Å². The second-order valence-electron chi connectivity index (χ2n) is 2.79. The van der Waals surface area contributed by atoms with Crippen molar-refractivity contribution in [2.45, 2.75) is 19.1 Å². The van der Waals surface area contributed by atoms with Gasteiger partial charge in [0.2, 0.25) is 0 Å². The van der Waals surface area contributed by atoms with Crippen LogP contribution in [0.1, 0.15) is 13.3 Å². The van der Waals surface area contributed by atoms with Crippen LogP contribution in [0.4, 0.5) is 0 Å². The highest BCUT2D eigenvalue weighted by atomic mass is 16.3. The third-order valence-electron chi connectivity index (χ3n) is 1.22. The van der Waals surface area contributed by atoms with E-state index in [-0.39, 0.29) is 25.6 Å². The van der Waals surface area contributed by atoms with Crippen molar-refractivity contribution in [3.8, 4) is 0 Å². The predicted octanol–water partition coefficient (Wildman–Crippen LogP) is -1.36. The normalized spacial score (nSPS) is 17.4.